The summed E-state index contributed by atoms with van der Waals surface area (Å²) in [5.74, 6) is 0.671. The summed E-state index contributed by atoms with van der Waals surface area (Å²) in [7, 11) is 0. The topological polar surface area (TPSA) is 35.1 Å². The number of para-hydroxylation sites is 1. The van der Waals surface area contributed by atoms with Crippen LogP contribution in [0.15, 0.2) is 158 Å². The van der Waals surface area contributed by atoms with Gasteiger partial charge in [0.25, 0.3) is 0 Å². The molecule has 13 rings (SSSR count). The lowest BCUT2D eigenvalue weighted by atomic mass is 9.80. The van der Waals surface area contributed by atoms with Crippen molar-refractivity contribution in [3.8, 4) is 28.3 Å². The summed E-state index contributed by atoms with van der Waals surface area (Å²) in [6.07, 6.45) is 0. The Labute approximate surface area is 315 Å². The molecule has 12 aromatic rings. The molecule has 0 aliphatic heterocycles. The Hall–Kier alpha value is -7.04. The lowest BCUT2D eigenvalue weighted by Crippen LogP contribution is -2.15. The van der Waals surface area contributed by atoms with Gasteiger partial charge in [0.1, 0.15) is 0 Å². The number of benzene rings is 8. The van der Waals surface area contributed by atoms with E-state index in [2.05, 4.69) is 181 Å². The van der Waals surface area contributed by atoms with Gasteiger partial charge >= 0.3 is 0 Å². The van der Waals surface area contributed by atoms with Gasteiger partial charge in [-0.3, -0.25) is 4.57 Å². The number of nitrogens with zero attached hydrogens (tertiary/aromatic N) is 4. The summed E-state index contributed by atoms with van der Waals surface area (Å²) < 4.78 is 4.85. The van der Waals surface area contributed by atoms with Gasteiger partial charge in [-0.15, -0.1) is 0 Å². The summed E-state index contributed by atoms with van der Waals surface area (Å²) >= 11 is 0. The second-order valence-electron chi connectivity index (χ2n) is 15.7. The summed E-state index contributed by atoms with van der Waals surface area (Å²) in [6, 6.07) is 57.5. The number of aromatic nitrogens is 4. The molecule has 256 valence electrons. The number of rotatable bonds is 2. The Kier molecular flexibility index (Phi) is 5.42. The van der Waals surface area contributed by atoms with Crippen molar-refractivity contribution >= 4 is 81.6 Å². The van der Waals surface area contributed by atoms with E-state index in [4.69, 9.17) is 9.97 Å². The fraction of sp³-hybridized carbons (Fsp3) is 0.0588. The van der Waals surface area contributed by atoms with Crippen LogP contribution in [0.5, 0.6) is 0 Å². The van der Waals surface area contributed by atoms with Crippen LogP contribution in [0.2, 0.25) is 0 Å². The van der Waals surface area contributed by atoms with Crippen molar-refractivity contribution < 1.29 is 0 Å². The van der Waals surface area contributed by atoms with Crippen LogP contribution in [0, 0.1) is 0 Å². The van der Waals surface area contributed by atoms with Crippen molar-refractivity contribution in [1.29, 1.82) is 0 Å². The van der Waals surface area contributed by atoms with Crippen molar-refractivity contribution in [3.63, 3.8) is 0 Å². The molecule has 0 spiro atoms. The third-order valence-electron chi connectivity index (χ3n) is 12.6. The van der Waals surface area contributed by atoms with E-state index in [9.17, 15) is 0 Å². The fourth-order valence-electron chi connectivity index (χ4n) is 10.4. The van der Waals surface area contributed by atoms with Crippen molar-refractivity contribution in [2.75, 3.05) is 0 Å². The molecule has 0 N–H and O–H groups in total. The average Bonchev–Trinajstić information content (AvgIpc) is 3.80. The summed E-state index contributed by atoms with van der Waals surface area (Å²) in [5.41, 5.74) is 14.2. The second-order valence-corrected chi connectivity index (χ2v) is 15.7. The normalized spacial score (nSPS) is 13.8. The smallest absolute Gasteiger partial charge is 0.235 e. The standard InChI is InChI=1S/C51H32N4/c1-51(2)37-21-9-8-17-32(37)34-26-28-42-45(47(34)51)36-20-10-19-35-33-18-11-22-39-44(33)46-40(54(42)49(35)36)23-12-24-41(46)55(39)50-52-38-27-25-29-13-6-7-16-31(29)43(38)48(53-50)30-14-4-3-5-15-30/h3-28H,1-2H3. The van der Waals surface area contributed by atoms with Crippen LogP contribution in [-0.2, 0) is 5.41 Å². The van der Waals surface area contributed by atoms with E-state index in [1.165, 1.54) is 76.5 Å². The minimum atomic E-state index is -0.139. The first-order valence-electron chi connectivity index (χ1n) is 19.1. The van der Waals surface area contributed by atoms with Gasteiger partial charge in [-0.1, -0.05) is 141 Å². The van der Waals surface area contributed by atoms with Crippen LogP contribution in [0.3, 0.4) is 0 Å². The highest BCUT2D eigenvalue weighted by atomic mass is 15.2. The largest absolute Gasteiger partial charge is 0.308 e. The maximum Gasteiger partial charge on any atom is 0.235 e. The van der Waals surface area contributed by atoms with Crippen molar-refractivity contribution in [3.05, 3.63) is 169 Å². The van der Waals surface area contributed by atoms with Crippen molar-refractivity contribution in [2.45, 2.75) is 19.3 Å². The van der Waals surface area contributed by atoms with E-state index in [0.29, 0.717) is 5.95 Å². The Morgan fingerprint density at radius 3 is 2.05 bits per heavy atom. The average molecular weight is 701 g/mol. The van der Waals surface area contributed by atoms with E-state index in [1.807, 2.05) is 0 Å². The maximum absolute atomic E-state index is 5.51. The van der Waals surface area contributed by atoms with Gasteiger partial charge in [-0.05, 0) is 68.7 Å². The van der Waals surface area contributed by atoms with Crippen molar-refractivity contribution in [1.82, 2.24) is 18.9 Å². The third kappa shape index (κ3) is 3.57. The molecule has 55 heavy (non-hydrogen) atoms. The SMILES string of the molecule is CC1(C)c2ccccc2-c2ccc3c(c21)c1cccc2c4cccc5c4c4c(cccc4n3c21)n5-c1nc(-c2ccccc2)c2c(ccc3ccccc32)n1. The zero-order valence-corrected chi connectivity index (χ0v) is 30.3. The van der Waals surface area contributed by atoms with Gasteiger partial charge in [0.15, 0.2) is 0 Å². The van der Waals surface area contributed by atoms with Gasteiger partial charge in [-0.25, -0.2) is 9.97 Å². The van der Waals surface area contributed by atoms with Crippen LogP contribution >= 0.6 is 0 Å². The first-order valence-corrected chi connectivity index (χ1v) is 19.1. The molecule has 0 saturated carbocycles. The fourth-order valence-corrected chi connectivity index (χ4v) is 10.4. The molecule has 0 saturated heterocycles. The first kappa shape index (κ1) is 29.4. The molecule has 0 amide bonds. The van der Waals surface area contributed by atoms with Gasteiger partial charge in [0.05, 0.1) is 38.8 Å². The summed E-state index contributed by atoms with van der Waals surface area (Å²) in [5, 5.41) is 11.0. The Bertz CT molecular complexity index is 3620. The van der Waals surface area contributed by atoms with Crippen LogP contribution in [0.1, 0.15) is 25.0 Å². The minimum Gasteiger partial charge on any atom is -0.308 e. The first-order chi connectivity index (χ1) is 27.1. The van der Waals surface area contributed by atoms with Gasteiger partial charge in [0.2, 0.25) is 5.95 Å². The summed E-state index contributed by atoms with van der Waals surface area (Å²) in [4.78, 5) is 10.9. The van der Waals surface area contributed by atoms with Crippen LogP contribution in [0.4, 0.5) is 0 Å². The Morgan fingerprint density at radius 1 is 0.455 bits per heavy atom. The zero-order valence-electron chi connectivity index (χ0n) is 30.3. The highest BCUT2D eigenvalue weighted by Crippen LogP contribution is 2.54. The van der Waals surface area contributed by atoms with E-state index in [-0.39, 0.29) is 5.41 Å². The van der Waals surface area contributed by atoms with E-state index >= 15 is 0 Å². The molecular weight excluding hydrogens is 669 g/mol. The van der Waals surface area contributed by atoms with Gasteiger partial charge in [-0.2, -0.15) is 0 Å². The lowest BCUT2D eigenvalue weighted by Gasteiger charge is -2.22. The molecular formula is C51H32N4. The molecule has 0 fully saturated rings. The quantitative estimate of drug-likeness (QED) is 0.168. The molecule has 0 radical (unpaired) electrons. The molecule has 0 unspecified atom stereocenters. The lowest BCUT2D eigenvalue weighted by molar-refractivity contribution is 0.666. The molecule has 0 bridgehead atoms. The molecule has 1 aliphatic carbocycles. The zero-order chi connectivity index (χ0) is 36.2. The molecule has 4 heterocycles. The molecule has 0 atom stereocenters. The van der Waals surface area contributed by atoms with Gasteiger partial charge in [0, 0.05) is 43.3 Å². The molecule has 8 aromatic carbocycles. The van der Waals surface area contributed by atoms with Gasteiger partial charge < -0.3 is 4.40 Å². The highest BCUT2D eigenvalue weighted by Gasteiger charge is 2.38. The van der Waals surface area contributed by atoms with Crippen LogP contribution in [0.25, 0.3) is 110 Å². The molecule has 4 heteroatoms. The predicted octanol–water partition coefficient (Wildman–Crippen LogP) is 13.0. The van der Waals surface area contributed by atoms with E-state index in [0.717, 1.165) is 38.6 Å². The monoisotopic (exact) mass is 700 g/mol. The molecule has 1 aliphatic rings. The van der Waals surface area contributed by atoms with E-state index in [1.54, 1.807) is 0 Å². The number of hydrogen-bond donors (Lipinski definition) is 0. The number of fused-ring (bicyclic) bond motifs is 12. The third-order valence-corrected chi connectivity index (χ3v) is 12.6. The second kappa shape index (κ2) is 10.1. The van der Waals surface area contributed by atoms with E-state index < -0.39 is 0 Å². The molecule has 4 nitrogen and oxygen atoms in total. The molecule has 4 aromatic heterocycles. The minimum absolute atomic E-state index is 0.139. The summed E-state index contributed by atoms with van der Waals surface area (Å²) in [6.45, 7) is 4.79. The predicted molar refractivity (Wildman–Crippen MR) is 229 cm³/mol. The highest BCUT2D eigenvalue weighted by molar-refractivity contribution is 6.32. The Morgan fingerprint density at radius 2 is 1.15 bits per heavy atom. The van der Waals surface area contributed by atoms with Crippen LogP contribution in [-0.4, -0.2) is 18.9 Å². The Balaban J connectivity index is 1.21. The number of hydrogen-bond acceptors (Lipinski definition) is 2. The maximum atomic E-state index is 5.51. The van der Waals surface area contributed by atoms with Crippen LogP contribution < -0.4 is 0 Å². The van der Waals surface area contributed by atoms with Crippen molar-refractivity contribution in [2.24, 2.45) is 0 Å².